The molecule has 3 heteroatoms. The van der Waals surface area contributed by atoms with Gasteiger partial charge in [-0.2, -0.15) is 0 Å². The van der Waals surface area contributed by atoms with Crippen molar-refractivity contribution in [2.45, 2.75) is 23.6 Å². The van der Waals surface area contributed by atoms with Crippen LogP contribution in [-0.4, -0.2) is 10.6 Å². The van der Waals surface area contributed by atoms with E-state index in [2.05, 4.69) is 15.9 Å². The number of alkyl halides is 1. The van der Waals surface area contributed by atoms with Crippen LogP contribution in [0.25, 0.3) is 0 Å². The Hall–Kier alpha value is -0.700. The van der Waals surface area contributed by atoms with E-state index < -0.39 is 4.32 Å². The summed E-state index contributed by atoms with van der Waals surface area (Å²) in [7, 11) is 0. The third kappa shape index (κ3) is 2.28. The molecule has 1 atom stereocenters. The number of rotatable bonds is 4. The molecule has 0 spiro atoms. The van der Waals surface area contributed by atoms with Crippen molar-refractivity contribution in [3.8, 4) is 0 Å². The summed E-state index contributed by atoms with van der Waals surface area (Å²) in [5.74, 6) is 0.137. The fourth-order valence-electron chi connectivity index (χ4n) is 1.78. The van der Waals surface area contributed by atoms with Gasteiger partial charge in [-0.15, -0.1) is 0 Å². The highest BCUT2D eigenvalue weighted by atomic mass is 79.9. The average molecular weight is 271 g/mol. The molecule has 1 nitrogen and oxygen atoms in total. The number of benzene rings is 1. The predicted molar refractivity (Wildman–Crippen MR) is 60.6 cm³/mol. The van der Waals surface area contributed by atoms with Crippen LogP contribution in [0, 0.1) is 11.7 Å². The molecule has 1 aromatic rings. The fraction of sp³-hybridized carbons (Fsp3) is 0.417. The molecule has 1 unspecified atom stereocenters. The zero-order valence-electron chi connectivity index (χ0n) is 8.25. The number of hydrogen-bond acceptors (Lipinski definition) is 1. The van der Waals surface area contributed by atoms with Gasteiger partial charge in [-0.1, -0.05) is 34.1 Å². The summed E-state index contributed by atoms with van der Waals surface area (Å²) < 4.78 is 12.8. The standard InChI is InChI=1S/C12H12BrFO/c13-12(8-15,10-5-6-10)7-9-3-1-2-4-11(9)14/h1-4,8,10H,5-7H2. The van der Waals surface area contributed by atoms with Crippen LogP contribution in [0.15, 0.2) is 24.3 Å². The number of carbonyl (C=O) groups excluding carboxylic acids is 1. The first kappa shape index (κ1) is 10.8. The molecule has 0 bridgehead atoms. The lowest BCUT2D eigenvalue weighted by Crippen LogP contribution is -2.28. The van der Waals surface area contributed by atoms with Gasteiger partial charge >= 0.3 is 0 Å². The van der Waals surface area contributed by atoms with E-state index in [9.17, 15) is 9.18 Å². The molecule has 0 heterocycles. The van der Waals surface area contributed by atoms with Crippen LogP contribution in [-0.2, 0) is 11.2 Å². The van der Waals surface area contributed by atoms with Crippen LogP contribution in [0.2, 0.25) is 0 Å². The van der Waals surface area contributed by atoms with Crippen molar-refractivity contribution in [1.82, 2.24) is 0 Å². The zero-order chi connectivity index (χ0) is 10.9. The number of aldehydes is 1. The van der Waals surface area contributed by atoms with Gasteiger partial charge in [-0.05, 0) is 36.8 Å². The second kappa shape index (κ2) is 4.05. The fourth-order valence-corrected chi connectivity index (χ4v) is 2.54. The van der Waals surface area contributed by atoms with Crippen molar-refractivity contribution < 1.29 is 9.18 Å². The maximum atomic E-state index is 13.4. The third-order valence-electron chi connectivity index (χ3n) is 2.87. The molecule has 1 aliphatic carbocycles. The lowest BCUT2D eigenvalue weighted by Gasteiger charge is -2.20. The van der Waals surface area contributed by atoms with E-state index in [0.717, 1.165) is 19.1 Å². The zero-order valence-corrected chi connectivity index (χ0v) is 9.84. The van der Waals surface area contributed by atoms with Crippen LogP contribution in [0.4, 0.5) is 4.39 Å². The van der Waals surface area contributed by atoms with Gasteiger partial charge in [0.1, 0.15) is 12.1 Å². The van der Waals surface area contributed by atoms with Gasteiger partial charge in [0.15, 0.2) is 0 Å². The highest BCUT2D eigenvalue weighted by Crippen LogP contribution is 2.45. The van der Waals surface area contributed by atoms with E-state index in [1.165, 1.54) is 6.07 Å². The summed E-state index contributed by atoms with van der Waals surface area (Å²) in [4.78, 5) is 11.1. The van der Waals surface area contributed by atoms with Gasteiger partial charge in [0, 0.05) is 0 Å². The Morgan fingerprint density at radius 1 is 1.47 bits per heavy atom. The molecule has 0 radical (unpaired) electrons. The second-order valence-corrected chi connectivity index (χ2v) is 5.56. The van der Waals surface area contributed by atoms with Crippen LogP contribution >= 0.6 is 15.9 Å². The monoisotopic (exact) mass is 270 g/mol. The quantitative estimate of drug-likeness (QED) is 0.607. The van der Waals surface area contributed by atoms with Crippen LogP contribution < -0.4 is 0 Å². The molecule has 0 aliphatic heterocycles. The lowest BCUT2D eigenvalue weighted by molar-refractivity contribution is -0.110. The first-order chi connectivity index (χ1) is 7.15. The molecule has 1 aromatic carbocycles. The van der Waals surface area contributed by atoms with E-state index in [-0.39, 0.29) is 5.82 Å². The molecule has 0 amide bonds. The van der Waals surface area contributed by atoms with Crippen LogP contribution in [0.3, 0.4) is 0 Å². The van der Waals surface area contributed by atoms with Gasteiger partial charge in [0.05, 0.1) is 4.32 Å². The van der Waals surface area contributed by atoms with Gasteiger partial charge in [0.2, 0.25) is 0 Å². The molecule has 15 heavy (non-hydrogen) atoms. The first-order valence-corrected chi connectivity index (χ1v) is 5.83. The van der Waals surface area contributed by atoms with Crippen molar-refractivity contribution in [3.63, 3.8) is 0 Å². The molecule has 2 rings (SSSR count). The summed E-state index contributed by atoms with van der Waals surface area (Å²) in [5, 5.41) is 0. The molecular formula is C12H12BrFO. The molecule has 0 aromatic heterocycles. The minimum absolute atomic E-state index is 0.233. The number of halogens is 2. The molecule has 1 fully saturated rings. The molecule has 0 saturated heterocycles. The first-order valence-electron chi connectivity index (χ1n) is 5.04. The van der Waals surface area contributed by atoms with Crippen molar-refractivity contribution in [2.75, 3.05) is 0 Å². The molecule has 1 aliphatic rings. The Bertz CT molecular complexity index is 376. The maximum Gasteiger partial charge on any atom is 0.137 e. The SMILES string of the molecule is O=CC(Br)(Cc1ccccc1F)C1CC1. The van der Waals surface area contributed by atoms with Crippen LogP contribution in [0.1, 0.15) is 18.4 Å². The van der Waals surface area contributed by atoms with E-state index in [0.29, 0.717) is 17.9 Å². The Morgan fingerprint density at radius 3 is 2.67 bits per heavy atom. The van der Waals surface area contributed by atoms with Crippen molar-refractivity contribution in [2.24, 2.45) is 5.92 Å². The Balaban J connectivity index is 2.19. The molecule has 1 saturated carbocycles. The summed E-state index contributed by atoms with van der Waals surface area (Å²) in [6, 6.07) is 6.62. The highest BCUT2D eigenvalue weighted by Gasteiger charge is 2.43. The second-order valence-electron chi connectivity index (χ2n) is 4.09. The lowest BCUT2D eigenvalue weighted by atomic mass is 9.95. The third-order valence-corrected chi connectivity index (χ3v) is 3.99. The van der Waals surface area contributed by atoms with E-state index in [1.54, 1.807) is 18.2 Å². The molecule has 0 N–H and O–H groups in total. The number of carbonyl (C=O) groups is 1. The largest absolute Gasteiger partial charge is 0.302 e. The van der Waals surface area contributed by atoms with Crippen molar-refractivity contribution >= 4 is 22.2 Å². The smallest absolute Gasteiger partial charge is 0.137 e. The predicted octanol–water partition coefficient (Wildman–Crippen LogP) is 3.11. The van der Waals surface area contributed by atoms with Gasteiger partial charge < -0.3 is 4.79 Å². The molecule has 80 valence electrons. The normalized spacial score (nSPS) is 19.6. The summed E-state index contributed by atoms with van der Waals surface area (Å²) in [5.41, 5.74) is 0.605. The topological polar surface area (TPSA) is 17.1 Å². The van der Waals surface area contributed by atoms with Crippen molar-refractivity contribution in [3.05, 3.63) is 35.6 Å². The average Bonchev–Trinajstić information content (AvgIpc) is 3.05. The van der Waals surface area contributed by atoms with Gasteiger partial charge in [-0.3, -0.25) is 0 Å². The van der Waals surface area contributed by atoms with E-state index >= 15 is 0 Å². The Labute approximate surface area is 96.8 Å². The highest BCUT2D eigenvalue weighted by molar-refractivity contribution is 9.10. The Kier molecular flexibility index (Phi) is 2.91. The molecular weight excluding hydrogens is 259 g/mol. The number of hydrogen-bond donors (Lipinski definition) is 0. The van der Waals surface area contributed by atoms with Crippen molar-refractivity contribution in [1.29, 1.82) is 0 Å². The summed E-state index contributed by atoms with van der Waals surface area (Å²) in [6.45, 7) is 0. The maximum absolute atomic E-state index is 13.4. The minimum atomic E-state index is -0.560. The van der Waals surface area contributed by atoms with Crippen LogP contribution in [0.5, 0.6) is 0 Å². The van der Waals surface area contributed by atoms with E-state index in [1.807, 2.05) is 0 Å². The van der Waals surface area contributed by atoms with Gasteiger partial charge in [0.25, 0.3) is 0 Å². The Morgan fingerprint density at radius 2 is 2.13 bits per heavy atom. The summed E-state index contributed by atoms with van der Waals surface area (Å²) >= 11 is 3.45. The minimum Gasteiger partial charge on any atom is -0.302 e. The summed E-state index contributed by atoms with van der Waals surface area (Å²) in [6.07, 6.45) is 3.46. The van der Waals surface area contributed by atoms with E-state index in [4.69, 9.17) is 0 Å². The van der Waals surface area contributed by atoms with Gasteiger partial charge in [-0.25, -0.2) is 4.39 Å².